The van der Waals surface area contributed by atoms with Gasteiger partial charge in [0.1, 0.15) is 0 Å². The van der Waals surface area contributed by atoms with E-state index < -0.39 is 0 Å². The lowest BCUT2D eigenvalue weighted by Gasteiger charge is -2.15. The number of carbonyl (C=O) groups excluding carboxylic acids is 2. The van der Waals surface area contributed by atoms with Crippen LogP contribution in [0.5, 0.6) is 0 Å². The summed E-state index contributed by atoms with van der Waals surface area (Å²) in [4.78, 5) is 31.2. The number of aryl methyl sites for hydroxylation is 2. The van der Waals surface area contributed by atoms with Crippen LogP contribution in [0.15, 0.2) is 24.3 Å². The Morgan fingerprint density at radius 1 is 1.29 bits per heavy atom. The third-order valence-electron chi connectivity index (χ3n) is 4.38. The molecule has 0 unspecified atom stereocenters. The zero-order valence-corrected chi connectivity index (χ0v) is 14.7. The van der Waals surface area contributed by atoms with Crippen molar-refractivity contribution in [3.63, 3.8) is 0 Å². The van der Waals surface area contributed by atoms with Gasteiger partial charge < -0.3 is 10.6 Å². The number of aromatic nitrogens is 1. The molecule has 0 radical (unpaired) electrons. The molecule has 0 aliphatic carbocycles. The summed E-state index contributed by atoms with van der Waals surface area (Å²) in [5.41, 5.74) is 8.45. The highest BCUT2D eigenvalue weighted by Crippen LogP contribution is 2.29. The van der Waals surface area contributed by atoms with Crippen molar-refractivity contribution in [1.82, 2.24) is 9.88 Å². The van der Waals surface area contributed by atoms with Crippen LogP contribution < -0.4 is 5.73 Å². The number of likely N-dealkylation sites (tertiary alicyclic amines) is 1. The van der Waals surface area contributed by atoms with Crippen LogP contribution in [-0.2, 0) is 16.0 Å². The molecule has 2 amide bonds. The Morgan fingerprint density at radius 3 is 2.62 bits per heavy atom. The average molecular weight is 343 g/mol. The summed E-state index contributed by atoms with van der Waals surface area (Å²) in [5.74, 6) is -0.497. The molecule has 2 aromatic rings. The van der Waals surface area contributed by atoms with Crippen LogP contribution in [-0.4, -0.2) is 34.8 Å². The van der Waals surface area contributed by atoms with Crippen molar-refractivity contribution < 1.29 is 9.59 Å². The van der Waals surface area contributed by atoms with Gasteiger partial charge in [-0.3, -0.25) is 9.59 Å². The van der Waals surface area contributed by atoms with Crippen molar-refractivity contribution in [1.29, 1.82) is 0 Å². The van der Waals surface area contributed by atoms with E-state index in [-0.39, 0.29) is 17.7 Å². The smallest absolute Gasteiger partial charge is 0.227 e. The van der Waals surface area contributed by atoms with Gasteiger partial charge in [-0.05, 0) is 20.3 Å². The molecule has 24 heavy (non-hydrogen) atoms. The van der Waals surface area contributed by atoms with E-state index in [1.165, 1.54) is 5.56 Å². The number of nitrogens with zero attached hydrogens (tertiary/aromatic N) is 2. The van der Waals surface area contributed by atoms with Gasteiger partial charge in [-0.1, -0.05) is 29.8 Å². The van der Waals surface area contributed by atoms with Crippen LogP contribution in [0.2, 0.25) is 0 Å². The molecule has 1 atom stereocenters. The number of hydrogen-bond donors (Lipinski definition) is 1. The lowest BCUT2D eigenvalue weighted by Crippen LogP contribution is -2.32. The van der Waals surface area contributed by atoms with Crippen LogP contribution in [0.4, 0.5) is 0 Å². The Kier molecular flexibility index (Phi) is 4.66. The highest BCUT2D eigenvalue weighted by molar-refractivity contribution is 7.12. The average Bonchev–Trinajstić information content (AvgIpc) is 3.15. The number of thiazole rings is 1. The predicted molar refractivity (Wildman–Crippen MR) is 94.6 cm³/mol. The van der Waals surface area contributed by atoms with Gasteiger partial charge in [-0.25, -0.2) is 4.98 Å². The summed E-state index contributed by atoms with van der Waals surface area (Å²) in [6.07, 6.45) is 0.980. The van der Waals surface area contributed by atoms with Gasteiger partial charge in [0.25, 0.3) is 0 Å². The second-order valence-corrected chi connectivity index (χ2v) is 7.56. The minimum atomic E-state index is -0.320. The first-order chi connectivity index (χ1) is 11.4. The maximum atomic E-state index is 12.6. The third-order valence-corrected chi connectivity index (χ3v) is 5.36. The number of carbonyl (C=O) groups is 2. The molecule has 0 bridgehead atoms. The van der Waals surface area contributed by atoms with Gasteiger partial charge in [0.15, 0.2) is 0 Å². The lowest BCUT2D eigenvalue weighted by molar-refractivity contribution is -0.129. The molecule has 126 valence electrons. The fourth-order valence-electron chi connectivity index (χ4n) is 2.99. The van der Waals surface area contributed by atoms with Gasteiger partial charge >= 0.3 is 0 Å². The fourth-order valence-corrected chi connectivity index (χ4v) is 3.94. The third kappa shape index (κ3) is 3.48. The molecule has 1 aliphatic heterocycles. The molecular weight excluding hydrogens is 322 g/mol. The second kappa shape index (κ2) is 6.73. The van der Waals surface area contributed by atoms with Crippen molar-refractivity contribution in [2.75, 3.05) is 13.1 Å². The fraction of sp³-hybridized carbons (Fsp3) is 0.389. The van der Waals surface area contributed by atoms with Crippen molar-refractivity contribution in [3.05, 3.63) is 39.7 Å². The standard InChI is InChI=1S/C18H21N3O2S/c1-11-3-5-13(6-4-11)17-15(24-12(2)20-17)9-16(22)21-8-7-14(10-21)18(19)23/h3-6,14H,7-10H2,1-2H3,(H2,19,23)/t14-/m1/s1. The molecule has 1 saturated heterocycles. The predicted octanol–water partition coefficient (Wildman–Crippen LogP) is 2.30. The van der Waals surface area contributed by atoms with Crippen molar-refractivity contribution in [3.8, 4) is 11.3 Å². The van der Waals surface area contributed by atoms with E-state index in [1.54, 1.807) is 16.2 Å². The number of benzene rings is 1. The summed E-state index contributed by atoms with van der Waals surface area (Å²) in [6.45, 7) is 5.04. The first-order valence-electron chi connectivity index (χ1n) is 8.04. The van der Waals surface area contributed by atoms with Crippen LogP contribution in [0.3, 0.4) is 0 Å². The maximum absolute atomic E-state index is 12.6. The first kappa shape index (κ1) is 16.6. The van der Waals surface area contributed by atoms with Gasteiger partial charge in [-0.15, -0.1) is 11.3 Å². The quantitative estimate of drug-likeness (QED) is 0.925. The summed E-state index contributed by atoms with van der Waals surface area (Å²) < 4.78 is 0. The second-order valence-electron chi connectivity index (χ2n) is 6.28. The summed E-state index contributed by atoms with van der Waals surface area (Å²) in [6, 6.07) is 8.18. The van der Waals surface area contributed by atoms with Crippen molar-refractivity contribution >= 4 is 23.2 Å². The molecule has 2 heterocycles. The highest BCUT2D eigenvalue weighted by Gasteiger charge is 2.30. The SMILES string of the molecule is Cc1ccc(-c2nc(C)sc2CC(=O)N2CC[C@@H](C(N)=O)C2)cc1. The van der Waals surface area contributed by atoms with E-state index in [1.807, 2.05) is 38.1 Å². The molecule has 1 fully saturated rings. The topological polar surface area (TPSA) is 76.3 Å². The number of nitrogens with two attached hydrogens (primary N) is 1. The molecule has 6 heteroatoms. The monoisotopic (exact) mass is 343 g/mol. The normalized spacial score (nSPS) is 17.2. The Morgan fingerprint density at radius 2 is 2.00 bits per heavy atom. The van der Waals surface area contributed by atoms with E-state index in [4.69, 9.17) is 5.73 Å². The highest BCUT2D eigenvalue weighted by atomic mass is 32.1. The summed E-state index contributed by atoms with van der Waals surface area (Å²) in [7, 11) is 0. The lowest BCUT2D eigenvalue weighted by atomic mass is 10.1. The Bertz CT molecular complexity index is 767. The first-order valence-corrected chi connectivity index (χ1v) is 8.86. The largest absolute Gasteiger partial charge is 0.369 e. The van der Waals surface area contributed by atoms with Gasteiger partial charge in [0.2, 0.25) is 11.8 Å². The Labute approximate surface area is 145 Å². The molecule has 1 aromatic heterocycles. The maximum Gasteiger partial charge on any atom is 0.227 e. The Balaban J connectivity index is 1.77. The van der Waals surface area contributed by atoms with Crippen LogP contribution >= 0.6 is 11.3 Å². The summed E-state index contributed by atoms with van der Waals surface area (Å²) in [5, 5.41) is 0.949. The van der Waals surface area contributed by atoms with Gasteiger partial charge in [-0.2, -0.15) is 0 Å². The van der Waals surface area contributed by atoms with Crippen LogP contribution in [0.1, 0.15) is 21.9 Å². The summed E-state index contributed by atoms with van der Waals surface area (Å²) >= 11 is 1.56. The molecule has 2 N–H and O–H groups in total. The molecule has 0 saturated carbocycles. The minimum absolute atomic E-state index is 0.0377. The molecule has 1 aliphatic rings. The molecule has 1 aromatic carbocycles. The van der Waals surface area contributed by atoms with E-state index in [2.05, 4.69) is 4.98 Å². The number of hydrogen-bond acceptors (Lipinski definition) is 4. The minimum Gasteiger partial charge on any atom is -0.369 e. The van der Waals surface area contributed by atoms with Crippen molar-refractivity contribution in [2.45, 2.75) is 26.7 Å². The van der Waals surface area contributed by atoms with Crippen molar-refractivity contribution in [2.24, 2.45) is 11.7 Å². The van der Waals surface area contributed by atoms with E-state index in [0.717, 1.165) is 21.1 Å². The van der Waals surface area contributed by atoms with Crippen LogP contribution in [0.25, 0.3) is 11.3 Å². The van der Waals surface area contributed by atoms with E-state index in [9.17, 15) is 9.59 Å². The Hall–Kier alpha value is -2.21. The molecule has 3 rings (SSSR count). The number of amides is 2. The molecule has 5 nitrogen and oxygen atoms in total. The van der Waals surface area contributed by atoms with Gasteiger partial charge in [0, 0.05) is 23.5 Å². The zero-order valence-electron chi connectivity index (χ0n) is 13.9. The molecular formula is C18H21N3O2S. The van der Waals surface area contributed by atoms with Crippen LogP contribution in [0, 0.1) is 19.8 Å². The van der Waals surface area contributed by atoms with Gasteiger partial charge in [0.05, 0.1) is 23.0 Å². The van der Waals surface area contributed by atoms with E-state index in [0.29, 0.717) is 25.9 Å². The number of primary amides is 1. The van der Waals surface area contributed by atoms with E-state index >= 15 is 0 Å². The zero-order chi connectivity index (χ0) is 17.3. The number of rotatable bonds is 4. The molecule has 0 spiro atoms.